The molecule has 0 spiro atoms. The molecule has 4 atom stereocenters. The van der Waals surface area contributed by atoms with Crippen LogP contribution < -0.4 is 0 Å². The van der Waals surface area contributed by atoms with Gasteiger partial charge in [-0.05, 0) is 73.8 Å². The Morgan fingerprint density at radius 2 is 2.17 bits per heavy atom. The maximum absolute atomic E-state index is 12.0. The van der Waals surface area contributed by atoms with Gasteiger partial charge in [-0.1, -0.05) is 25.5 Å². The molecule has 2 aliphatic rings. The Hall–Kier alpha value is -1.51. The first-order chi connectivity index (χ1) is 10.9. The lowest BCUT2D eigenvalue weighted by Gasteiger charge is -2.57. The standard InChI is InChI=1S/C20H28O3/c1-14-5-4-6-17-19(14,2)11-8-16(18(21)22)20(17,3)10-7-15-9-12-23-13-15/h5,9,12-13,16-17H,4,6-8,10-11H2,1-3H3,(H,21,22)/t16-,17+,19-,20-/m0/s1. The lowest BCUT2D eigenvalue weighted by atomic mass is 9.46. The van der Waals surface area contributed by atoms with Crippen LogP contribution in [0.15, 0.2) is 34.7 Å². The number of hydrogen-bond donors (Lipinski definition) is 1. The number of allylic oxidation sites excluding steroid dienone is 2. The lowest BCUT2D eigenvalue weighted by molar-refractivity contribution is -0.156. The minimum atomic E-state index is -0.617. The molecular formula is C20H28O3. The normalized spacial score (nSPS) is 37.1. The van der Waals surface area contributed by atoms with Gasteiger partial charge in [0.1, 0.15) is 0 Å². The fraction of sp³-hybridized carbons (Fsp3) is 0.650. The van der Waals surface area contributed by atoms with E-state index in [-0.39, 0.29) is 16.7 Å². The third-order valence-corrected chi connectivity index (χ3v) is 6.95. The summed E-state index contributed by atoms with van der Waals surface area (Å²) in [5.74, 6) is -0.408. The molecule has 0 saturated heterocycles. The lowest BCUT2D eigenvalue weighted by Crippen LogP contribution is -2.52. The van der Waals surface area contributed by atoms with Gasteiger partial charge >= 0.3 is 5.97 Å². The van der Waals surface area contributed by atoms with E-state index in [9.17, 15) is 9.90 Å². The predicted octanol–water partition coefficient (Wildman–Crippen LogP) is 5.08. The highest BCUT2D eigenvalue weighted by atomic mass is 16.4. The first-order valence-corrected chi connectivity index (χ1v) is 8.79. The number of hydrogen-bond acceptors (Lipinski definition) is 2. The Labute approximate surface area is 138 Å². The van der Waals surface area contributed by atoms with Crippen molar-refractivity contribution in [3.63, 3.8) is 0 Å². The van der Waals surface area contributed by atoms with Gasteiger partial charge in [0.15, 0.2) is 0 Å². The number of carboxylic acid groups (broad SMARTS) is 1. The molecule has 1 N–H and O–H groups in total. The van der Waals surface area contributed by atoms with Gasteiger partial charge in [-0.25, -0.2) is 0 Å². The Balaban J connectivity index is 1.93. The number of carbonyl (C=O) groups is 1. The van der Waals surface area contributed by atoms with Gasteiger partial charge in [0.05, 0.1) is 18.4 Å². The Kier molecular flexibility index (Phi) is 4.16. The smallest absolute Gasteiger partial charge is 0.307 e. The summed E-state index contributed by atoms with van der Waals surface area (Å²) in [5, 5.41) is 9.84. The molecule has 0 radical (unpaired) electrons. The average Bonchev–Trinajstić information content (AvgIpc) is 3.01. The summed E-state index contributed by atoms with van der Waals surface area (Å²) in [4.78, 5) is 12.0. The number of fused-ring (bicyclic) bond motifs is 1. The van der Waals surface area contributed by atoms with Crippen LogP contribution in [0, 0.1) is 22.7 Å². The highest BCUT2D eigenvalue weighted by Gasteiger charge is 2.56. The molecule has 2 aliphatic carbocycles. The summed E-state index contributed by atoms with van der Waals surface area (Å²) in [7, 11) is 0. The Bertz CT molecular complexity index is 600. The molecule has 1 fully saturated rings. The van der Waals surface area contributed by atoms with Crippen molar-refractivity contribution in [3.05, 3.63) is 35.8 Å². The zero-order chi connectivity index (χ0) is 16.7. The van der Waals surface area contributed by atoms with E-state index < -0.39 is 5.97 Å². The topological polar surface area (TPSA) is 50.4 Å². The fourth-order valence-corrected chi connectivity index (χ4v) is 5.34. The maximum Gasteiger partial charge on any atom is 0.307 e. The van der Waals surface area contributed by atoms with Crippen LogP contribution in [0.3, 0.4) is 0 Å². The quantitative estimate of drug-likeness (QED) is 0.788. The van der Waals surface area contributed by atoms with Crippen molar-refractivity contribution in [3.8, 4) is 0 Å². The molecule has 0 unspecified atom stereocenters. The van der Waals surface area contributed by atoms with Gasteiger partial charge in [-0.3, -0.25) is 4.79 Å². The molecule has 3 rings (SSSR count). The van der Waals surface area contributed by atoms with Gasteiger partial charge in [0, 0.05) is 0 Å². The van der Waals surface area contributed by atoms with Crippen LogP contribution in [0.4, 0.5) is 0 Å². The zero-order valence-electron chi connectivity index (χ0n) is 14.5. The molecule has 0 aromatic carbocycles. The third-order valence-electron chi connectivity index (χ3n) is 6.95. The van der Waals surface area contributed by atoms with E-state index >= 15 is 0 Å². The summed E-state index contributed by atoms with van der Waals surface area (Å²) in [6.45, 7) is 6.83. The molecule has 3 nitrogen and oxygen atoms in total. The van der Waals surface area contributed by atoms with Crippen LogP contribution in [-0.2, 0) is 11.2 Å². The Morgan fingerprint density at radius 3 is 2.83 bits per heavy atom. The minimum Gasteiger partial charge on any atom is -0.481 e. The second-order valence-electron chi connectivity index (χ2n) is 8.00. The van der Waals surface area contributed by atoms with Crippen LogP contribution in [0.5, 0.6) is 0 Å². The molecule has 0 aliphatic heterocycles. The summed E-state index contributed by atoms with van der Waals surface area (Å²) < 4.78 is 5.18. The first kappa shape index (κ1) is 16.4. The maximum atomic E-state index is 12.0. The number of carboxylic acids is 1. The van der Waals surface area contributed by atoms with Crippen molar-refractivity contribution in [1.82, 2.24) is 0 Å². The van der Waals surface area contributed by atoms with Crippen molar-refractivity contribution >= 4 is 5.97 Å². The largest absolute Gasteiger partial charge is 0.481 e. The van der Waals surface area contributed by atoms with E-state index in [1.54, 1.807) is 12.5 Å². The summed E-state index contributed by atoms with van der Waals surface area (Å²) >= 11 is 0. The first-order valence-electron chi connectivity index (χ1n) is 8.79. The summed E-state index contributed by atoms with van der Waals surface area (Å²) in [5.41, 5.74) is 2.64. The predicted molar refractivity (Wildman–Crippen MR) is 90.1 cm³/mol. The van der Waals surface area contributed by atoms with E-state index in [1.165, 1.54) is 11.1 Å². The molecule has 1 aromatic heterocycles. The highest BCUT2D eigenvalue weighted by molar-refractivity contribution is 5.71. The van der Waals surface area contributed by atoms with Crippen molar-refractivity contribution in [1.29, 1.82) is 0 Å². The number of aryl methyl sites for hydroxylation is 1. The molecule has 0 amide bonds. The van der Waals surface area contributed by atoms with Gasteiger partial charge in [-0.15, -0.1) is 0 Å². The molecule has 1 heterocycles. The fourth-order valence-electron chi connectivity index (χ4n) is 5.34. The van der Waals surface area contributed by atoms with Crippen LogP contribution in [0.1, 0.15) is 58.4 Å². The zero-order valence-corrected chi connectivity index (χ0v) is 14.5. The van der Waals surface area contributed by atoms with E-state index in [0.29, 0.717) is 5.92 Å². The molecule has 23 heavy (non-hydrogen) atoms. The van der Waals surface area contributed by atoms with Crippen LogP contribution in [0.2, 0.25) is 0 Å². The summed E-state index contributed by atoms with van der Waals surface area (Å²) in [6, 6.07) is 1.99. The highest BCUT2D eigenvalue weighted by Crippen LogP contribution is 2.61. The van der Waals surface area contributed by atoms with Gasteiger partial charge < -0.3 is 9.52 Å². The monoisotopic (exact) mass is 316 g/mol. The molecule has 0 bridgehead atoms. The number of rotatable bonds is 4. The number of furan rings is 1. The minimum absolute atomic E-state index is 0.161. The molecule has 3 heteroatoms. The molecule has 1 saturated carbocycles. The van der Waals surface area contributed by atoms with E-state index in [0.717, 1.165) is 38.5 Å². The summed E-state index contributed by atoms with van der Waals surface area (Å²) in [6.07, 6.45) is 11.6. The van der Waals surface area contributed by atoms with E-state index in [2.05, 4.69) is 26.8 Å². The number of aliphatic carboxylic acids is 1. The van der Waals surface area contributed by atoms with Crippen molar-refractivity contribution in [2.24, 2.45) is 22.7 Å². The molecule has 1 aromatic rings. The van der Waals surface area contributed by atoms with Crippen molar-refractivity contribution in [2.45, 2.75) is 59.3 Å². The second-order valence-corrected chi connectivity index (χ2v) is 8.00. The Morgan fingerprint density at radius 1 is 1.39 bits per heavy atom. The second kappa shape index (κ2) is 5.85. The van der Waals surface area contributed by atoms with E-state index in [4.69, 9.17) is 4.42 Å². The van der Waals surface area contributed by atoms with Crippen molar-refractivity contribution < 1.29 is 14.3 Å². The average molecular weight is 316 g/mol. The van der Waals surface area contributed by atoms with Gasteiger partial charge in [0.25, 0.3) is 0 Å². The van der Waals surface area contributed by atoms with Crippen LogP contribution in [0.25, 0.3) is 0 Å². The SMILES string of the molecule is CC1=CCC[C@H]2[C@@](C)(CCc3ccoc3)[C@H](C(=O)O)CC[C@@]12C. The van der Waals surface area contributed by atoms with E-state index in [1.807, 2.05) is 6.07 Å². The third kappa shape index (κ3) is 2.64. The van der Waals surface area contributed by atoms with Crippen LogP contribution in [-0.4, -0.2) is 11.1 Å². The van der Waals surface area contributed by atoms with Gasteiger partial charge in [0.2, 0.25) is 0 Å². The van der Waals surface area contributed by atoms with Gasteiger partial charge in [-0.2, -0.15) is 0 Å². The molecular weight excluding hydrogens is 288 g/mol. The molecule has 126 valence electrons. The van der Waals surface area contributed by atoms with Crippen molar-refractivity contribution in [2.75, 3.05) is 0 Å². The van der Waals surface area contributed by atoms with Crippen LogP contribution >= 0.6 is 0 Å².